The molecule has 1 amide bonds. The predicted octanol–water partition coefficient (Wildman–Crippen LogP) is 2.07. The van der Waals surface area contributed by atoms with E-state index in [0.717, 1.165) is 11.4 Å². The molecule has 24 heavy (non-hydrogen) atoms. The Kier molecular flexibility index (Phi) is 5.43. The highest BCUT2D eigenvalue weighted by Gasteiger charge is 2.20. The second kappa shape index (κ2) is 7.33. The SMILES string of the molecule is CC(=O)c1c(C)nn(C(C)CC(=O)NCc2cnc(C)cn2)c1C. The van der Waals surface area contributed by atoms with Crippen molar-refractivity contribution in [2.75, 3.05) is 0 Å². The van der Waals surface area contributed by atoms with E-state index in [0.29, 0.717) is 23.5 Å². The fourth-order valence-electron chi connectivity index (χ4n) is 2.73. The number of nitrogens with one attached hydrogen (secondary N) is 1. The van der Waals surface area contributed by atoms with Crippen molar-refractivity contribution in [1.82, 2.24) is 25.1 Å². The summed E-state index contributed by atoms with van der Waals surface area (Å²) in [7, 11) is 0. The third-order valence-corrected chi connectivity index (χ3v) is 3.88. The molecule has 0 aromatic carbocycles. The average molecular weight is 329 g/mol. The van der Waals surface area contributed by atoms with Crippen LogP contribution in [0.3, 0.4) is 0 Å². The first kappa shape index (κ1) is 17.8. The number of carbonyl (C=O) groups excluding carboxylic acids is 2. The third kappa shape index (κ3) is 4.04. The molecule has 0 aliphatic rings. The van der Waals surface area contributed by atoms with Crippen molar-refractivity contribution in [1.29, 1.82) is 0 Å². The number of hydrogen-bond donors (Lipinski definition) is 1. The number of hydrogen-bond acceptors (Lipinski definition) is 5. The van der Waals surface area contributed by atoms with Crippen LogP contribution in [0.5, 0.6) is 0 Å². The van der Waals surface area contributed by atoms with Crippen molar-refractivity contribution in [3.8, 4) is 0 Å². The van der Waals surface area contributed by atoms with Crippen LogP contribution in [0.25, 0.3) is 0 Å². The number of aryl methyl sites for hydroxylation is 2. The lowest BCUT2D eigenvalue weighted by molar-refractivity contribution is -0.122. The fraction of sp³-hybridized carbons (Fsp3) is 0.471. The zero-order valence-electron chi connectivity index (χ0n) is 14.8. The molecule has 1 N–H and O–H groups in total. The normalized spacial score (nSPS) is 12.0. The molecular formula is C17H23N5O2. The van der Waals surface area contributed by atoms with E-state index >= 15 is 0 Å². The minimum absolute atomic E-state index is 0.00848. The summed E-state index contributed by atoms with van der Waals surface area (Å²) < 4.78 is 1.75. The van der Waals surface area contributed by atoms with E-state index in [9.17, 15) is 9.59 Å². The summed E-state index contributed by atoms with van der Waals surface area (Å²) in [5.74, 6) is -0.104. The van der Waals surface area contributed by atoms with E-state index in [1.807, 2.05) is 27.7 Å². The maximum absolute atomic E-state index is 12.1. The quantitative estimate of drug-likeness (QED) is 0.819. The van der Waals surface area contributed by atoms with Gasteiger partial charge in [0.15, 0.2) is 5.78 Å². The van der Waals surface area contributed by atoms with Gasteiger partial charge in [-0.1, -0.05) is 0 Å². The molecule has 2 aromatic heterocycles. The molecule has 128 valence electrons. The zero-order chi connectivity index (χ0) is 17.9. The molecule has 1 unspecified atom stereocenters. The van der Waals surface area contributed by atoms with Crippen molar-refractivity contribution in [3.05, 3.63) is 40.7 Å². The molecular weight excluding hydrogens is 306 g/mol. The van der Waals surface area contributed by atoms with Gasteiger partial charge < -0.3 is 5.32 Å². The molecule has 0 saturated carbocycles. The van der Waals surface area contributed by atoms with Gasteiger partial charge >= 0.3 is 0 Å². The van der Waals surface area contributed by atoms with Crippen LogP contribution in [0.2, 0.25) is 0 Å². The van der Waals surface area contributed by atoms with Crippen molar-refractivity contribution in [3.63, 3.8) is 0 Å². The number of carbonyl (C=O) groups is 2. The summed E-state index contributed by atoms with van der Waals surface area (Å²) in [5, 5.41) is 7.24. The summed E-state index contributed by atoms with van der Waals surface area (Å²) in [6, 6.07) is -0.138. The summed E-state index contributed by atoms with van der Waals surface area (Å²) in [6.45, 7) is 9.31. The van der Waals surface area contributed by atoms with Gasteiger partial charge in [0, 0.05) is 18.3 Å². The molecule has 0 fully saturated rings. The summed E-state index contributed by atoms with van der Waals surface area (Å²) >= 11 is 0. The second-order valence-electron chi connectivity index (χ2n) is 6.03. The van der Waals surface area contributed by atoms with Gasteiger partial charge in [-0.2, -0.15) is 5.10 Å². The summed E-state index contributed by atoms with van der Waals surface area (Å²) in [6.07, 6.45) is 3.60. The molecule has 0 bridgehead atoms. The lowest BCUT2D eigenvalue weighted by Crippen LogP contribution is -2.26. The molecule has 7 heteroatoms. The van der Waals surface area contributed by atoms with Crippen LogP contribution in [-0.4, -0.2) is 31.4 Å². The van der Waals surface area contributed by atoms with Gasteiger partial charge in [-0.05, 0) is 34.6 Å². The van der Waals surface area contributed by atoms with Gasteiger partial charge in [0.1, 0.15) is 0 Å². The third-order valence-electron chi connectivity index (χ3n) is 3.88. The second-order valence-corrected chi connectivity index (χ2v) is 6.03. The Labute approximate surface area is 141 Å². The van der Waals surface area contributed by atoms with Crippen LogP contribution in [0.4, 0.5) is 0 Å². The van der Waals surface area contributed by atoms with Gasteiger partial charge in [0.05, 0.1) is 41.4 Å². The van der Waals surface area contributed by atoms with Crippen LogP contribution in [0.1, 0.15) is 59.4 Å². The standard InChI is InChI=1S/C17H23N5O2/c1-10-7-19-15(8-18-10)9-20-16(24)6-11(2)22-13(4)17(14(5)23)12(3)21-22/h7-8,11H,6,9H2,1-5H3,(H,20,24). The largest absolute Gasteiger partial charge is 0.350 e. The van der Waals surface area contributed by atoms with Crippen molar-refractivity contribution < 1.29 is 9.59 Å². The van der Waals surface area contributed by atoms with Crippen LogP contribution < -0.4 is 5.32 Å². The molecule has 0 spiro atoms. The lowest BCUT2D eigenvalue weighted by atomic mass is 10.1. The van der Waals surface area contributed by atoms with E-state index in [1.165, 1.54) is 6.92 Å². The highest BCUT2D eigenvalue weighted by Crippen LogP contribution is 2.19. The van der Waals surface area contributed by atoms with Crippen molar-refractivity contribution >= 4 is 11.7 Å². The molecule has 0 saturated heterocycles. The maximum Gasteiger partial charge on any atom is 0.222 e. The fourth-order valence-corrected chi connectivity index (χ4v) is 2.73. The smallest absolute Gasteiger partial charge is 0.222 e. The maximum atomic E-state index is 12.1. The highest BCUT2D eigenvalue weighted by atomic mass is 16.1. The molecule has 2 rings (SSSR count). The predicted molar refractivity (Wildman–Crippen MR) is 89.6 cm³/mol. The first-order valence-corrected chi connectivity index (χ1v) is 7.90. The average Bonchev–Trinajstić information content (AvgIpc) is 2.81. The van der Waals surface area contributed by atoms with Crippen LogP contribution in [-0.2, 0) is 11.3 Å². The monoisotopic (exact) mass is 329 g/mol. The van der Waals surface area contributed by atoms with Gasteiger partial charge in [0.25, 0.3) is 0 Å². The highest BCUT2D eigenvalue weighted by molar-refractivity contribution is 5.96. The minimum Gasteiger partial charge on any atom is -0.350 e. The number of nitrogens with zero attached hydrogens (tertiary/aromatic N) is 4. The van der Waals surface area contributed by atoms with Gasteiger partial charge in [-0.15, -0.1) is 0 Å². The van der Waals surface area contributed by atoms with Gasteiger partial charge in [-0.3, -0.25) is 24.2 Å². The zero-order valence-corrected chi connectivity index (χ0v) is 14.8. The van der Waals surface area contributed by atoms with E-state index in [-0.39, 0.29) is 24.2 Å². The van der Waals surface area contributed by atoms with E-state index in [2.05, 4.69) is 20.4 Å². The molecule has 0 aliphatic heterocycles. The Morgan fingerprint density at radius 3 is 2.46 bits per heavy atom. The van der Waals surface area contributed by atoms with Crippen LogP contribution in [0, 0.1) is 20.8 Å². The van der Waals surface area contributed by atoms with E-state index < -0.39 is 0 Å². The Morgan fingerprint density at radius 1 is 1.21 bits per heavy atom. The Morgan fingerprint density at radius 2 is 1.92 bits per heavy atom. The Hall–Kier alpha value is -2.57. The van der Waals surface area contributed by atoms with Crippen molar-refractivity contribution in [2.45, 2.75) is 53.6 Å². The number of Topliss-reactive ketones (excluding diaryl/α,β-unsaturated/α-hetero) is 1. The number of aromatic nitrogens is 4. The molecule has 2 aromatic rings. The Balaban J connectivity index is 1.98. The number of rotatable bonds is 6. The van der Waals surface area contributed by atoms with E-state index in [4.69, 9.17) is 0 Å². The number of amides is 1. The summed E-state index contributed by atoms with van der Waals surface area (Å²) in [5.41, 5.74) is 3.68. The minimum atomic E-state index is -0.138. The topological polar surface area (TPSA) is 89.8 Å². The van der Waals surface area contributed by atoms with E-state index in [1.54, 1.807) is 17.1 Å². The lowest BCUT2D eigenvalue weighted by Gasteiger charge is -2.14. The Bertz CT molecular complexity index is 749. The van der Waals surface area contributed by atoms with Gasteiger partial charge in [0.2, 0.25) is 5.91 Å². The van der Waals surface area contributed by atoms with Crippen LogP contribution >= 0.6 is 0 Å². The van der Waals surface area contributed by atoms with Crippen molar-refractivity contribution in [2.24, 2.45) is 0 Å². The van der Waals surface area contributed by atoms with Crippen LogP contribution in [0.15, 0.2) is 12.4 Å². The summed E-state index contributed by atoms with van der Waals surface area (Å²) in [4.78, 5) is 32.2. The molecule has 7 nitrogen and oxygen atoms in total. The first-order valence-electron chi connectivity index (χ1n) is 7.90. The number of ketones is 1. The molecule has 0 radical (unpaired) electrons. The molecule has 0 aliphatic carbocycles. The molecule has 2 heterocycles. The van der Waals surface area contributed by atoms with Gasteiger partial charge in [-0.25, -0.2) is 0 Å². The molecule has 1 atom stereocenters. The first-order chi connectivity index (χ1) is 11.3.